The van der Waals surface area contributed by atoms with Crippen molar-refractivity contribution in [1.82, 2.24) is 14.7 Å². The highest BCUT2D eigenvalue weighted by atomic mass is 16.5. The van der Waals surface area contributed by atoms with Crippen LogP contribution in [0.25, 0.3) is 5.69 Å². The Hall–Kier alpha value is -3.32. The molecule has 1 aliphatic carbocycles. The van der Waals surface area contributed by atoms with Crippen molar-refractivity contribution in [2.24, 2.45) is 5.92 Å². The van der Waals surface area contributed by atoms with E-state index >= 15 is 0 Å². The first-order valence-corrected chi connectivity index (χ1v) is 14.7. The van der Waals surface area contributed by atoms with Gasteiger partial charge in [-0.15, -0.1) is 0 Å². The maximum absolute atomic E-state index is 13.6. The Bertz CT molecular complexity index is 1210. The highest BCUT2D eigenvalue weighted by molar-refractivity contribution is 5.57. The molecule has 0 unspecified atom stereocenters. The van der Waals surface area contributed by atoms with Gasteiger partial charge in [-0.05, 0) is 55.5 Å². The highest BCUT2D eigenvalue weighted by Gasteiger charge is 2.24. The minimum Gasteiger partial charge on any atom is -0.494 e. The number of benzene rings is 2. The highest BCUT2D eigenvalue weighted by Crippen LogP contribution is 2.29. The molecule has 39 heavy (non-hydrogen) atoms. The van der Waals surface area contributed by atoms with E-state index in [4.69, 9.17) is 9.47 Å². The van der Waals surface area contributed by atoms with E-state index in [1.165, 1.54) is 48.8 Å². The van der Waals surface area contributed by atoms with Gasteiger partial charge >= 0.3 is 5.56 Å². The maximum Gasteiger partial charge on any atom is 0.316 e. The van der Waals surface area contributed by atoms with Crippen LogP contribution in [0.4, 0.5) is 5.69 Å². The Morgan fingerprint density at radius 3 is 2.36 bits per heavy atom. The molecule has 7 heteroatoms. The average Bonchev–Trinajstić information content (AvgIpc) is 2.98. The molecule has 0 amide bonds. The third-order valence-electron chi connectivity index (χ3n) is 8.00. The molecular weight excluding hydrogens is 488 g/mol. The van der Waals surface area contributed by atoms with E-state index in [9.17, 15) is 4.79 Å². The predicted molar refractivity (Wildman–Crippen MR) is 156 cm³/mol. The number of piperazine rings is 1. The van der Waals surface area contributed by atoms with Crippen LogP contribution in [-0.2, 0) is 6.54 Å². The molecule has 0 bridgehead atoms. The largest absolute Gasteiger partial charge is 0.494 e. The third-order valence-corrected chi connectivity index (χ3v) is 8.00. The summed E-state index contributed by atoms with van der Waals surface area (Å²) >= 11 is 0. The summed E-state index contributed by atoms with van der Waals surface area (Å²) in [4.78, 5) is 18.3. The number of rotatable bonds is 11. The van der Waals surface area contributed by atoms with E-state index in [-0.39, 0.29) is 5.56 Å². The summed E-state index contributed by atoms with van der Waals surface area (Å²) < 4.78 is 13.3. The maximum atomic E-state index is 13.6. The van der Waals surface area contributed by atoms with Crippen LogP contribution < -0.4 is 19.9 Å². The number of para-hydroxylation sites is 1. The van der Waals surface area contributed by atoms with Crippen LogP contribution in [0.2, 0.25) is 0 Å². The standard InChI is InChI=1S/C32H42N4O3/c1-2-38-29-17-15-27(16-18-29)25-34-19-21-35(22-20-34)30-24-33-36(28-13-7-4-8-14-28)32(37)31(30)39-23-9-12-26-10-5-3-6-11-26/h4,7-8,13-18,24,26H,2-3,5-6,9-12,19-23,25H2,1H3. The molecule has 5 rings (SSSR count). The molecule has 1 aromatic heterocycles. The average molecular weight is 531 g/mol. The van der Waals surface area contributed by atoms with Crippen molar-refractivity contribution in [3.8, 4) is 17.2 Å². The summed E-state index contributed by atoms with van der Waals surface area (Å²) in [7, 11) is 0. The fourth-order valence-electron chi connectivity index (χ4n) is 5.83. The monoisotopic (exact) mass is 530 g/mol. The zero-order valence-corrected chi connectivity index (χ0v) is 23.3. The van der Waals surface area contributed by atoms with Gasteiger partial charge in [0.05, 0.1) is 25.1 Å². The minimum absolute atomic E-state index is 0.187. The molecule has 1 aliphatic heterocycles. The van der Waals surface area contributed by atoms with Crippen molar-refractivity contribution in [3.63, 3.8) is 0 Å². The zero-order chi connectivity index (χ0) is 26.9. The number of hydrogen-bond acceptors (Lipinski definition) is 6. The van der Waals surface area contributed by atoms with Gasteiger partial charge in [0.25, 0.3) is 0 Å². The van der Waals surface area contributed by atoms with Gasteiger partial charge in [-0.2, -0.15) is 9.78 Å². The van der Waals surface area contributed by atoms with E-state index in [1.807, 2.05) is 55.6 Å². The second-order valence-electron chi connectivity index (χ2n) is 10.7. The quantitative estimate of drug-likeness (QED) is 0.297. The van der Waals surface area contributed by atoms with Crippen molar-refractivity contribution < 1.29 is 9.47 Å². The van der Waals surface area contributed by atoms with Crippen LogP contribution in [0.5, 0.6) is 11.5 Å². The van der Waals surface area contributed by atoms with Crippen molar-refractivity contribution in [3.05, 3.63) is 76.7 Å². The van der Waals surface area contributed by atoms with Gasteiger partial charge in [0, 0.05) is 32.7 Å². The summed E-state index contributed by atoms with van der Waals surface area (Å²) in [6.45, 7) is 7.62. The van der Waals surface area contributed by atoms with Gasteiger partial charge in [0.2, 0.25) is 5.75 Å². The van der Waals surface area contributed by atoms with Crippen molar-refractivity contribution >= 4 is 5.69 Å². The number of anilines is 1. The summed E-state index contributed by atoms with van der Waals surface area (Å²) in [5.41, 5.74) is 2.65. The molecule has 208 valence electrons. The van der Waals surface area contributed by atoms with Gasteiger partial charge in [-0.1, -0.05) is 62.4 Å². The van der Waals surface area contributed by atoms with Crippen molar-refractivity contribution in [2.45, 2.75) is 58.4 Å². The molecule has 7 nitrogen and oxygen atoms in total. The Morgan fingerprint density at radius 1 is 0.897 bits per heavy atom. The zero-order valence-electron chi connectivity index (χ0n) is 23.3. The third kappa shape index (κ3) is 7.21. The number of hydrogen-bond donors (Lipinski definition) is 0. The SMILES string of the molecule is CCOc1ccc(CN2CCN(c3cnn(-c4ccccc4)c(=O)c3OCCCC3CCCCC3)CC2)cc1. The molecule has 0 radical (unpaired) electrons. The summed E-state index contributed by atoms with van der Waals surface area (Å²) in [5, 5.41) is 4.55. The lowest BCUT2D eigenvalue weighted by Crippen LogP contribution is -2.46. The lowest BCUT2D eigenvalue weighted by Gasteiger charge is -2.36. The van der Waals surface area contributed by atoms with E-state index < -0.39 is 0 Å². The Morgan fingerprint density at radius 2 is 1.64 bits per heavy atom. The second kappa shape index (κ2) is 13.7. The number of aromatic nitrogens is 2. The fourth-order valence-corrected chi connectivity index (χ4v) is 5.83. The van der Waals surface area contributed by atoms with E-state index in [0.717, 1.165) is 62.2 Å². The van der Waals surface area contributed by atoms with Crippen LogP contribution in [0.3, 0.4) is 0 Å². The lowest BCUT2D eigenvalue weighted by atomic mass is 9.86. The fraction of sp³-hybridized carbons (Fsp3) is 0.500. The number of nitrogens with zero attached hydrogens (tertiary/aromatic N) is 4. The van der Waals surface area contributed by atoms with Crippen molar-refractivity contribution in [1.29, 1.82) is 0 Å². The number of ether oxygens (including phenoxy) is 2. The first-order chi connectivity index (χ1) is 19.2. The van der Waals surface area contributed by atoms with Gasteiger partial charge in [0.15, 0.2) is 0 Å². The van der Waals surface area contributed by atoms with Gasteiger partial charge in [-0.3, -0.25) is 9.69 Å². The molecule has 2 aliphatic rings. The van der Waals surface area contributed by atoms with E-state index in [0.29, 0.717) is 19.0 Å². The molecule has 2 fully saturated rings. The predicted octanol–water partition coefficient (Wildman–Crippen LogP) is 5.69. The molecule has 1 saturated heterocycles. The normalized spacial score (nSPS) is 16.8. The molecule has 1 saturated carbocycles. The van der Waals surface area contributed by atoms with Crippen LogP contribution >= 0.6 is 0 Å². The molecule has 3 aromatic rings. The molecule has 0 atom stereocenters. The second-order valence-corrected chi connectivity index (χ2v) is 10.7. The molecular formula is C32H42N4O3. The van der Waals surface area contributed by atoms with Crippen molar-refractivity contribution in [2.75, 3.05) is 44.3 Å². The smallest absolute Gasteiger partial charge is 0.316 e. The van der Waals surface area contributed by atoms with Gasteiger partial charge in [0.1, 0.15) is 11.4 Å². The summed E-state index contributed by atoms with van der Waals surface area (Å²) in [5.74, 6) is 2.15. The molecule has 2 heterocycles. The van der Waals surface area contributed by atoms with Gasteiger partial charge < -0.3 is 14.4 Å². The van der Waals surface area contributed by atoms with Crippen LogP contribution in [0.1, 0.15) is 57.4 Å². The van der Waals surface area contributed by atoms with E-state index in [2.05, 4.69) is 27.0 Å². The Labute approximate surface area is 232 Å². The topological polar surface area (TPSA) is 59.8 Å². The summed E-state index contributed by atoms with van der Waals surface area (Å²) in [6.07, 6.45) is 10.7. The summed E-state index contributed by atoms with van der Waals surface area (Å²) in [6, 6.07) is 18.0. The van der Waals surface area contributed by atoms with E-state index in [1.54, 1.807) is 0 Å². The van der Waals surface area contributed by atoms with Gasteiger partial charge in [-0.25, -0.2) is 0 Å². The van der Waals surface area contributed by atoms with Crippen LogP contribution in [0, 0.1) is 5.92 Å². The lowest BCUT2D eigenvalue weighted by molar-refractivity contribution is 0.245. The Kier molecular flexibility index (Phi) is 9.54. The Balaban J connectivity index is 1.25. The first kappa shape index (κ1) is 27.3. The minimum atomic E-state index is -0.187. The molecule has 2 aromatic carbocycles. The molecule has 0 N–H and O–H groups in total. The van der Waals surface area contributed by atoms with Crippen LogP contribution in [0.15, 0.2) is 65.6 Å². The first-order valence-electron chi connectivity index (χ1n) is 14.7. The molecule has 0 spiro atoms. The van der Waals surface area contributed by atoms with Crippen LogP contribution in [-0.4, -0.2) is 54.1 Å².